The van der Waals surface area contributed by atoms with Crippen molar-refractivity contribution < 1.29 is 4.79 Å². The van der Waals surface area contributed by atoms with Gasteiger partial charge >= 0.3 is 0 Å². The summed E-state index contributed by atoms with van der Waals surface area (Å²) in [7, 11) is 0. The number of hydrogen-bond acceptors (Lipinski definition) is 3. The Kier molecular flexibility index (Phi) is 4.92. The Labute approximate surface area is 128 Å². The van der Waals surface area contributed by atoms with Crippen molar-refractivity contribution in [2.24, 2.45) is 11.8 Å². The van der Waals surface area contributed by atoms with Crippen LogP contribution in [0.1, 0.15) is 44.9 Å². The largest absolute Gasteiger partial charge is 0.342 e. The number of carbonyl (C=O) groups excluding carboxylic acids is 1. The zero-order chi connectivity index (χ0) is 13.9. The summed E-state index contributed by atoms with van der Waals surface area (Å²) >= 11 is 4.35. The Balaban J connectivity index is 1.51. The summed E-state index contributed by atoms with van der Waals surface area (Å²) in [6.45, 7) is 4.45. The summed E-state index contributed by atoms with van der Waals surface area (Å²) in [6, 6.07) is 0.845. The third-order valence-electron chi connectivity index (χ3n) is 5.42. The van der Waals surface area contributed by atoms with Crippen molar-refractivity contribution >= 4 is 18.5 Å². The van der Waals surface area contributed by atoms with Gasteiger partial charge in [-0.15, -0.1) is 0 Å². The number of amides is 1. The van der Waals surface area contributed by atoms with Gasteiger partial charge in [0, 0.05) is 32.1 Å². The Bertz CT molecular complexity index is 343. The molecule has 2 unspecified atom stereocenters. The highest BCUT2D eigenvalue weighted by atomic mass is 32.1. The summed E-state index contributed by atoms with van der Waals surface area (Å²) in [4.78, 5) is 16.9. The Morgan fingerprint density at radius 3 is 2.55 bits per heavy atom. The van der Waals surface area contributed by atoms with E-state index in [-0.39, 0.29) is 0 Å². The van der Waals surface area contributed by atoms with Crippen LogP contribution in [-0.4, -0.2) is 53.7 Å². The molecule has 0 aromatic heterocycles. The van der Waals surface area contributed by atoms with Gasteiger partial charge in [-0.3, -0.25) is 4.79 Å². The van der Waals surface area contributed by atoms with Crippen LogP contribution in [0.5, 0.6) is 0 Å². The summed E-state index contributed by atoms with van der Waals surface area (Å²) in [5.74, 6) is 2.40. The van der Waals surface area contributed by atoms with Crippen LogP contribution >= 0.6 is 12.6 Å². The van der Waals surface area contributed by atoms with Gasteiger partial charge in [-0.2, -0.15) is 12.6 Å². The number of thiol groups is 1. The van der Waals surface area contributed by atoms with Gasteiger partial charge in [-0.1, -0.05) is 12.8 Å². The molecule has 2 aliphatic heterocycles. The van der Waals surface area contributed by atoms with Gasteiger partial charge in [0.1, 0.15) is 0 Å². The van der Waals surface area contributed by atoms with E-state index in [2.05, 4.69) is 22.4 Å². The van der Waals surface area contributed by atoms with Gasteiger partial charge in [-0.05, 0) is 49.8 Å². The molecule has 3 aliphatic rings. The number of likely N-dealkylation sites (tertiary alicyclic amines) is 2. The zero-order valence-corrected chi connectivity index (χ0v) is 13.4. The van der Waals surface area contributed by atoms with Crippen molar-refractivity contribution in [3.05, 3.63) is 0 Å². The van der Waals surface area contributed by atoms with Crippen molar-refractivity contribution in [3.63, 3.8) is 0 Å². The molecule has 1 amide bonds. The molecule has 20 heavy (non-hydrogen) atoms. The van der Waals surface area contributed by atoms with Gasteiger partial charge in [0.2, 0.25) is 5.91 Å². The average Bonchev–Trinajstić information content (AvgIpc) is 3.10. The lowest BCUT2D eigenvalue weighted by atomic mass is 9.95. The molecule has 3 fully saturated rings. The monoisotopic (exact) mass is 296 g/mol. The molecular weight excluding hydrogens is 268 g/mol. The third-order valence-corrected chi connectivity index (χ3v) is 5.94. The van der Waals surface area contributed by atoms with E-state index in [1.807, 2.05) is 0 Å². The molecule has 3 nitrogen and oxygen atoms in total. The van der Waals surface area contributed by atoms with E-state index in [4.69, 9.17) is 0 Å². The van der Waals surface area contributed by atoms with Crippen LogP contribution in [0.15, 0.2) is 0 Å². The highest BCUT2D eigenvalue weighted by Gasteiger charge is 2.33. The fourth-order valence-corrected chi connectivity index (χ4v) is 4.56. The van der Waals surface area contributed by atoms with E-state index in [0.717, 1.165) is 31.3 Å². The highest BCUT2D eigenvalue weighted by molar-refractivity contribution is 7.80. The number of carbonyl (C=O) groups is 1. The second-order valence-corrected chi connectivity index (χ2v) is 7.36. The van der Waals surface area contributed by atoms with E-state index >= 15 is 0 Å². The lowest BCUT2D eigenvalue weighted by Gasteiger charge is -2.38. The topological polar surface area (TPSA) is 23.6 Å². The summed E-state index contributed by atoms with van der Waals surface area (Å²) < 4.78 is 0. The Morgan fingerprint density at radius 2 is 1.85 bits per heavy atom. The van der Waals surface area contributed by atoms with Crippen LogP contribution in [0.3, 0.4) is 0 Å². The third kappa shape index (κ3) is 3.33. The molecule has 0 aromatic rings. The molecule has 0 spiro atoms. The summed E-state index contributed by atoms with van der Waals surface area (Å²) in [5, 5.41) is 0. The van der Waals surface area contributed by atoms with Crippen molar-refractivity contribution in [2.45, 2.75) is 51.0 Å². The first kappa shape index (κ1) is 14.7. The van der Waals surface area contributed by atoms with Gasteiger partial charge in [0.05, 0.1) is 0 Å². The Morgan fingerprint density at radius 1 is 1.05 bits per heavy atom. The smallest absolute Gasteiger partial charge is 0.222 e. The molecule has 3 rings (SSSR count). The van der Waals surface area contributed by atoms with E-state index in [1.54, 1.807) is 0 Å². The van der Waals surface area contributed by atoms with Crippen molar-refractivity contribution in [2.75, 3.05) is 31.9 Å². The summed E-state index contributed by atoms with van der Waals surface area (Å²) in [6.07, 6.45) is 8.98. The standard InChI is InChI=1S/C16H28N2OS/c19-16-8-14(12-20)11-18(16)10-13-4-3-7-17(9-13)15-5-1-2-6-15/h13-15,20H,1-12H2. The molecule has 114 valence electrons. The van der Waals surface area contributed by atoms with E-state index in [0.29, 0.717) is 17.7 Å². The number of nitrogens with zero attached hydrogens (tertiary/aromatic N) is 2. The second kappa shape index (κ2) is 6.69. The van der Waals surface area contributed by atoms with Crippen molar-refractivity contribution in [3.8, 4) is 0 Å². The molecule has 1 aliphatic carbocycles. The molecule has 0 N–H and O–H groups in total. The fourth-order valence-electron chi connectivity index (χ4n) is 4.31. The van der Waals surface area contributed by atoms with Crippen LogP contribution in [0.4, 0.5) is 0 Å². The van der Waals surface area contributed by atoms with Crippen LogP contribution in [0.25, 0.3) is 0 Å². The minimum Gasteiger partial charge on any atom is -0.342 e. The van der Waals surface area contributed by atoms with Crippen LogP contribution in [-0.2, 0) is 4.79 Å². The molecule has 0 bridgehead atoms. The van der Waals surface area contributed by atoms with Gasteiger partial charge in [0.25, 0.3) is 0 Å². The van der Waals surface area contributed by atoms with Crippen LogP contribution < -0.4 is 0 Å². The van der Waals surface area contributed by atoms with Gasteiger partial charge in [-0.25, -0.2) is 0 Å². The predicted molar refractivity (Wildman–Crippen MR) is 85.1 cm³/mol. The molecular formula is C16H28N2OS. The van der Waals surface area contributed by atoms with Gasteiger partial charge in [0.15, 0.2) is 0 Å². The molecule has 2 saturated heterocycles. The predicted octanol–water partition coefficient (Wildman–Crippen LogP) is 2.42. The maximum absolute atomic E-state index is 12.0. The highest BCUT2D eigenvalue weighted by Crippen LogP contribution is 2.29. The SMILES string of the molecule is O=C1CC(CS)CN1CC1CCCN(C2CCCC2)C1. The fraction of sp³-hybridized carbons (Fsp3) is 0.938. The summed E-state index contributed by atoms with van der Waals surface area (Å²) in [5.41, 5.74) is 0. The minimum atomic E-state index is 0.363. The van der Waals surface area contributed by atoms with E-state index in [1.165, 1.54) is 51.6 Å². The maximum atomic E-state index is 12.0. The Hall–Kier alpha value is -0.220. The normalized spacial score (nSPS) is 33.2. The van der Waals surface area contributed by atoms with Crippen LogP contribution in [0, 0.1) is 11.8 Å². The average molecular weight is 296 g/mol. The number of piperidine rings is 1. The number of rotatable bonds is 4. The molecule has 1 saturated carbocycles. The first-order valence-corrected chi connectivity index (χ1v) is 9.02. The molecule has 4 heteroatoms. The second-order valence-electron chi connectivity index (χ2n) is 6.99. The molecule has 2 atom stereocenters. The lowest BCUT2D eigenvalue weighted by molar-refractivity contribution is -0.128. The van der Waals surface area contributed by atoms with E-state index < -0.39 is 0 Å². The van der Waals surface area contributed by atoms with Gasteiger partial charge < -0.3 is 9.80 Å². The molecule has 0 radical (unpaired) electrons. The number of hydrogen-bond donors (Lipinski definition) is 1. The van der Waals surface area contributed by atoms with Crippen molar-refractivity contribution in [1.29, 1.82) is 0 Å². The lowest BCUT2D eigenvalue weighted by Crippen LogP contribution is -2.45. The minimum absolute atomic E-state index is 0.363. The first-order chi connectivity index (χ1) is 9.76. The van der Waals surface area contributed by atoms with Crippen molar-refractivity contribution in [1.82, 2.24) is 9.80 Å². The molecule has 2 heterocycles. The molecule has 0 aromatic carbocycles. The first-order valence-electron chi connectivity index (χ1n) is 8.39. The maximum Gasteiger partial charge on any atom is 0.222 e. The zero-order valence-electron chi connectivity index (χ0n) is 12.5. The van der Waals surface area contributed by atoms with E-state index in [9.17, 15) is 4.79 Å². The van der Waals surface area contributed by atoms with Crippen LogP contribution in [0.2, 0.25) is 0 Å². The quantitative estimate of drug-likeness (QED) is 0.806.